The zero-order valence-electron chi connectivity index (χ0n) is 11.3. The van der Waals surface area contributed by atoms with Crippen LogP contribution >= 0.6 is 0 Å². The Labute approximate surface area is 113 Å². The minimum absolute atomic E-state index is 0.0682. The molecular weight excluding hydrogens is 240 g/mol. The first-order valence-corrected chi connectivity index (χ1v) is 6.59. The topological polar surface area (TPSA) is 63.0 Å². The van der Waals surface area contributed by atoms with Crippen molar-refractivity contribution in [3.05, 3.63) is 42.2 Å². The summed E-state index contributed by atoms with van der Waals surface area (Å²) in [6, 6.07) is 9.94. The van der Waals surface area contributed by atoms with Crippen LogP contribution in [0.1, 0.15) is 32.0 Å². The molecule has 0 aliphatic rings. The van der Waals surface area contributed by atoms with Crippen LogP contribution in [0.25, 0.3) is 5.69 Å². The van der Waals surface area contributed by atoms with Crippen LogP contribution in [0.15, 0.2) is 36.5 Å². The van der Waals surface area contributed by atoms with Gasteiger partial charge in [0.15, 0.2) is 0 Å². The Balaban J connectivity index is 2.01. The van der Waals surface area contributed by atoms with Crippen molar-refractivity contribution in [2.24, 2.45) is 0 Å². The summed E-state index contributed by atoms with van der Waals surface area (Å²) in [7, 11) is 0. The quantitative estimate of drug-likeness (QED) is 0.829. The lowest BCUT2D eigenvalue weighted by Gasteiger charge is -2.13. The van der Waals surface area contributed by atoms with E-state index in [1.807, 2.05) is 50.4 Å². The molecule has 1 aromatic heterocycles. The number of hydrogen-bond donors (Lipinski definition) is 2. The summed E-state index contributed by atoms with van der Waals surface area (Å²) in [4.78, 5) is 0. The van der Waals surface area contributed by atoms with Gasteiger partial charge in [0.05, 0.1) is 29.7 Å². The summed E-state index contributed by atoms with van der Waals surface area (Å²) < 4.78 is 1.75. The number of nitrogens with one attached hydrogen (secondary N) is 1. The van der Waals surface area contributed by atoms with Crippen molar-refractivity contribution >= 4 is 0 Å². The average Bonchev–Trinajstić information content (AvgIpc) is 2.95. The molecule has 0 unspecified atom stereocenters. The monoisotopic (exact) mass is 260 g/mol. The highest BCUT2D eigenvalue weighted by Gasteiger charge is 2.11. The second kappa shape index (κ2) is 6.45. The number of benzene rings is 1. The zero-order valence-corrected chi connectivity index (χ0v) is 11.3. The SMILES string of the molecule is CC[C@@H](O)CN[C@H](C)c1cn(-c2ccccc2)nn1. The summed E-state index contributed by atoms with van der Waals surface area (Å²) in [5, 5.41) is 21.1. The third-order valence-corrected chi connectivity index (χ3v) is 3.11. The molecule has 2 atom stereocenters. The second-order valence-electron chi connectivity index (χ2n) is 4.62. The highest BCUT2D eigenvalue weighted by Crippen LogP contribution is 2.11. The molecule has 0 fully saturated rings. The molecule has 1 heterocycles. The lowest BCUT2D eigenvalue weighted by atomic mass is 10.2. The van der Waals surface area contributed by atoms with Gasteiger partial charge < -0.3 is 10.4 Å². The third kappa shape index (κ3) is 3.62. The van der Waals surface area contributed by atoms with E-state index in [0.717, 1.165) is 17.8 Å². The lowest BCUT2D eigenvalue weighted by molar-refractivity contribution is 0.163. The van der Waals surface area contributed by atoms with Crippen LogP contribution in [0.2, 0.25) is 0 Å². The second-order valence-corrected chi connectivity index (χ2v) is 4.62. The van der Waals surface area contributed by atoms with Crippen molar-refractivity contribution < 1.29 is 5.11 Å². The number of nitrogens with zero attached hydrogens (tertiary/aromatic N) is 3. The van der Waals surface area contributed by atoms with E-state index in [0.29, 0.717) is 6.54 Å². The van der Waals surface area contributed by atoms with E-state index >= 15 is 0 Å². The molecule has 5 nitrogen and oxygen atoms in total. The van der Waals surface area contributed by atoms with Gasteiger partial charge in [0.2, 0.25) is 0 Å². The van der Waals surface area contributed by atoms with Crippen LogP contribution in [0.5, 0.6) is 0 Å². The van der Waals surface area contributed by atoms with E-state index in [1.54, 1.807) is 4.68 Å². The molecule has 0 spiro atoms. The van der Waals surface area contributed by atoms with E-state index in [9.17, 15) is 5.11 Å². The van der Waals surface area contributed by atoms with Crippen LogP contribution in [-0.4, -0.2) is 32.7 Å². The molecule has 2 rings (SSSR count). The summed E-state index contributed by atoms with van der Waals surface area (Å²) in [5.74, 6) is 0. The van der Waals surface area contributed by atoms with Crippen LogP contribution in [-0.2, 0) is 0 Å². The molecule has 19 heavy (non-hydrogen) atoms. The van der Waals surface area contributed by atoms with Crippen molar-refractivity contribution in [1.82, 2.24) is 20.3 Å². The summed E-state index contributed by atoms with van der Waals surface area (Å²) in [5.41, 5.74) is 1.86. The number of hydrogen-bond acceptors (Lipinski definition) is 4. The minimum Gasteiger partial charge on any atom is -0.392 e. The first-order valence-electron chi connectivity index (χ1n) is 6.59. The van der Waals surface area contributed by atoms with Crippen LogP contribution in [0.3, 0.4) is 0 Å². The molecule has 5 heteroatoms. The molecule has 2 aromatic rings. The van der Waals surface area contributed by atoms with Crippen molar-refractivity contribution in [2.45, 2.75) is 32.4 Å². The number of para-hydroxylation sites is 1. The zero-order chi connectivity index (χ0) is 13.7. The maximum absolute atomic E-state index is 9.53. The van der Waals surface area contributed by atoms with E-state index < -0.39 is 0 Å². The number of aliphatic hydroxyl groups excluding tert-OH is 1. The highest BCUT2D eigenvalue weighted by atomic mass is 16.3. The molecule has 102 valence electrons. The van der Waals surface area contributed by atoms with Crippen molar-refractivity contribution in [1.29, 1.82) is 0 Å². The smallest absolute Gasteiger partial charge is 0.0998 e. The molecule has 0 bridgehead atoms. The lowest BCUT2D eigenvalue weighted by Crippen LogP contribution is -2.28. The van der Waals surface area contributed by atoms with Gasteiger partial charge in [-0.05, 0) is 25.5 Å². The molecule has 0 radical (unpaired) electrons. The maximum atomic E-state index is 9.53. The van der Waals surface area contributed by atoms with Gasteiger partial charge >= 0.3 is 0 Å². The summed E-state index contributed by atoms with van der Waals surface area (Å²) >= 11 is 0. The Morgan fingerprint density at radius 3 is 2.74 bits per heavy atom. The van der Waals surface area contributed by atoms with Crippen LogP contribution in [0, 0.1) is 0 Å². The first-order chi connectivity index (χ1) is 9.20. The van der Waals surface area contributed by atoms with E-state index in [-0.39, 0.29) is 12.1 Å². The number of aliphatic hydroxyl groups is 1. The number of rotatable bonds is 6. The Bertz CT molecular complexity index is 497. The molecule has 0 aliphatic heterocycles. The molecular formula is C14H20N4O. The van der Waals surface area contributed by atoms with Crippen molar-refractivity contribution in [3.8, 4) is 5.69 Å². The molecule has 0 saturated carbocycles. The predicted octanol–water partition coefficient (Wildman–Crippen LogP) is 1.69. The third-order valence-electron chi connectivity index (χ3n) is 3.11. The Kier molecular flexibility index (Phi) is 4.65. The van der Waals surface area contributed by atoms with Gasteiger partial charge in [-0.1, -0.05) is 30.3 Å². The minimum atomic E-state index is -0.313. The van der Waals surface area contributed by atoms with Gasteiger partial charge in [-0.15, -0.1) is 5.10 Å². The van der Waals surface area contributed by atoms with Gasteiger partial charge in [0, 0.05) is 6.54 Å². The van der Waals surface area contributed by atoms with Crippen LogP contribution < -0.4 is 5.32 Å². The fourth-order valence-electron chi connectivity index (χ4n) is 1.74. The molecule has 0 aliphatic carbocycles. The van der Waals surface area contributed by atoms with E-state index in [4.69, 9.17) is 0 Å². The van der Waals surface area contributed by atoms with Gasteiger partial charge in [-0.25, -0.2) is 4.68 Å². The summed E-state index contributed by atoms with van der Waals surface area (Å²) in [6.45, 7) is 4.54. The Hall–Kier alpha value is -1.72. The van der Waals surface area contributed by atoms with Gasteiger partial charge in [-0.3, -0.25) is 0 Å². The first kappa shape index (κ1) is 13.7. The average molecular weight is 260 g/mol. The maximum Gasteiger partial charge on any atom is 0.0998 e. The van der Waals surface area contributed by atoms with Crippen LogP contribution in [0.4, 0.5) is 0 Å². The fraction of sp³-hybridized carbons (Fsp3) is 0.429. The predicted molar refractivity (Wildman–Crippen MR) is 74.1 cm³/mol. The standard InChI is InChI=1S/C14H20N4O/c1-3-13(19)9-15-11(2)14-10-18(17-16-14)12-7-5-4-6-8-12/h4-8,10-11,13,15,19H,3,9H2,1-2H3/t11-,13-/m1/s1. The normalized spacial score (nSPS) is 14.3. The summed E-state index contributed by atoms with van der Waals surface area (Å²) in [6.07, 6.45) is 2.34. The highest BCUT2D eigenvalue weighted by molar-refractivity contribution is 5.30. The van der Waals surface area contributed by atoms with E-state index in [2.05, 4.69) is 15.6 Å². The van der Waals surface area contributed by atoms with Gasteiger partial charge in [0.25, 0.3) is 0 Å². The molecule has 2 N–H and O–H groups in total. The molecule has 1 aromatic carbocycles. The Morgan fingerprint density at radius 1 is 1.32 bits per heavy atom. The number of aromatic nitrogens is 3. The fourth-order valence-corrected chi connectivity index (χ4v) is 1.74. The van der Waals surface area contributed by atoms with Gasteiger partial charge in [0.1, 0.15) is 0 Å². The Morgan fingerprint density at radius 2 is 2.05 bits per heavy atom. The molecule has 0 saturated heterocycles. The van der Waals surface area contributed by atoms with Crippen molar-refractivity contribution in [3.63, 3.8) is 0 Å². The van der Waals surface area contributed by atoms with E-state index in [1.165, 1.54) is 0 Å². The van der Waals surface area contributed by atoms with Crippen molar-refractivity contribution in [2.75, 3.05) is 6.54 Å². The molecule has 0 amide bonds. The largest absolute Gasteiger partial charge is 0.392 e. The van der Waals surface area contributed by atoms with Gasteiger partial charge in [-0.2, -0.15) is 0 Å².